The summed E-state index contributed by atoms with van der Waals surface area (Å²) in [5.41, 5.74) is 7.91. The van der Waals surface area contributed by atoms with Gasteiger partial charge in [-0.05, 0) is 12.1 Å². The second kappa shape index (κ2) is 4.60. The van der Waals surface area contributed by atoms with Gasteiger partial charge in [0, 0.05) is 12.3 Å². The standard InChI is InChI=1S/C11H9Cl2N3/c12-7-6-15-11(13)5-10(7)16-9-4-2-1-3-8(9)14/h1-6H,14H2,(H,15,16). The Balaban J connectivity index is 2.34. The van der Waals surface area contributed by atoms with Crippen molar-refractivity contribution in [3.63, 3.8) is 0 Å². The van der Waals surface area contributed by atoms with Gasteiger partial charge in [0.25, 0.3) is 0 Å². The van der Waals surface area contributed by atoms with E-state index in [1.165, 1.54) is 6.20 Å². The minimum atomic E-state index is 0.376. The average Bonchev–Trinajstić information content (AvgIpc) is 2.27. The van der Waals surface area contributed by atoms with Crippen LogP contribution >= 0.6 is 23.2 Å². The van der Waals surface area contributed by atoms with Gasteiger partial charge in [0.1, 0.15) is 5.15 Å². The predicted octanol–water partition coefficient (Wildman–Crippen LogP) is 3.71. The highest BCUT2D eigenvalue weighted by Crippen LogP contribution is 2.29. The molecule has 0 aliphatic rings. The predicted molar refractivity (Wildman–Crippen MR) is 68.4 cm³/mol. The summed E-state index contributed by atoms with van der Waals surface area (Å²) < 4.78 is 0. The molecule has 1 aromatic heterocycles. The van der Waals surface area contributed by atoms with Crippen LogP contribution in [-0.2, 0) is 0 Å². The molecule has 0 aliphatic heterocycles. The molecule has 16 heavy (non-hydrogen) atoms. The van der Waals surface area contributed by atoms with Gasteiger partial charge in [0.15, 0.2) is 0 Å². The van der Waals surface area contributed by atoms with E-state index in [4.69, 9.17) is 28.9 Å². The molecule has 5 heteroatoms. The molecule has 2 rings (SSSR count). The van der Waals surface area contributed by atoms with Crippen molar-refractivity contribution in [2.24, 2.45) is 0 Å². The molecular weight excluding hydrogens is 245 g/mol. The number of halogens is 2. The number of nitrogens with two attached hydrogens (primary N) is 1. The zero-order valence-corrected chi connectivity index (χ0v) is 9.76. The van der Waals surface area contributed by atoms with E-state index < -0.39 is 0 Å². The van der Waals surface area contributed by atoms with E-state index in [0.717, 1.165) is 5.69 Å². The molecule has 0 atom stereocenters. The van der Waals surface area contributed by atoms with Gasteiger partial charge in [-0.15, -0.1) is 0 Å². The SMILES string of the molecule is Nc1ccccc1Nc1cc(Cl)ncc1Cl. The van der Waals surface area contributed by atoms with Crippen LogP contribution in [0.1, 0.15) is 0 Å². The van der Waals surface area contributed by atoms with E-state index in [9.17, 15) is 0 Å². The average molecular weight is 254 g/mol. The molecule has 0 spiro atoms. The molecule has 2 aromatic rings. The molecule has 0 aliphatic carbocycles. The van der Waals surface area contributed by atoms with Crippen LogP contribution in [0.2, 0.25) is 10.2 Å². The maximum absolute atomic E-state index is 5.97. The first kappa shape index (κ1) is 11.0. The number of benzene rings is 1. The van der Waals surface area contributed by atoms with Crippen LogP contribution in [0.25, 0.3) is 0 Å². The second-order valence-corrected chi connectivity index (χ2v) is 3.99. The van der Waals surface area contributed by atoms with E-state index in [1.54, 1.807) is 12.1 Å². The van der Waals surface area contributed by atoms with Crippen molar-refractivity contribution < 1.29 is 0 Å². The summed E-state index contributed by atoms with van der Waals surface area (Å²) in [5.74, 6) is 0. The van der Waals surface area contributed by atoms with Gasteiger partial charge in [0.2, 0.25) is 0 Å². The number of pyridine rings is 1. The molecule has 0 radical (unpaired) electrons. The number of nitrogens with one attached hydrogen (secondary N) is 1. The minimum Gasteiger partial charge on any atom is -0.397 e. The lowest BCUT2D eigenvalue weighted by atomic mass is 10.2. The van der Waals surface area contributed by atoms with Crippen LogP contribution in [0.5, 0.6) is 0 Å². The van der Waals surface area contributed by atoms with Gasteiger partial charge in [0.05, 0.1) is 22.1 Å². The summed E-state index contributed by atoms with van der Waals surface area (Å²) in [6.45, 7) is 0. The molecule has 82 valence electrons. The highest BCUT2D eigenvalue weighted by molar-refractivity contribution is 6.34. The number of nitrogen functional groups attached to an aromatic ring is 1. The minimum absolute atomic E-state index is 0.376. The summed E-state index contributed by atoms with van der Waals surface area (Å²) in [6, 6.07) is 9.06. The maximum atomic E-state index is 5.97. The number of rotatable bonds is 2. The monoisotopic (exact) mass is 253 g/mol. The highest BCUT2D eigenvalue weighted by Gasteiger charge is 2.04. The second-order valence-electron chi connectivity index (χ2n) is 3.20. The van der Waals surface area contributed by atoms with Crippen molar-refractivity contribution in [1.29, 1.82) is 0 Å². The Kier molecular flexibility index (Phi) is 3.17. The highest BCUT2D eigenvalue weighted by atomic mass is 35.5. The lowest BCUT2D eigenvalue weighted by molar-refractivity contribution is 1.32. The Labute approximate surface area is 103 Å². The van der Waals surface area contributed by atoms with Crippen LogP contribution in [0.4, 0.5) is 17.1 Å². The van der Waals surface area contributed by atoms with Crippen molar-refractivity contribution in [3.8, 4) is 0 Å². The zero-order valence-electron chi connectivity index (χ0n) is 8.24. The fourth-order valence-corrected chi connectivity index (χ4v) is 1.57. The number of para-hydroxylation sites is 2. The molecule has 0 fully saturated rings. The van der Waals surface area contributed by atoms with E-state index in [1.807, 2.05) is 18.2 Å². The molecule has 3 nitrogen and oxygen atoms in total. The van der Waals surface area contributed by atoms with Gasteiger partial charge in [-0.1, -0.05) is 35.3 Å². The fourth-order valence-electron chi connectivity index (χ4n) is 1.26. The summed E-state index contributed by atoms with van der Waals surface area (Å²) in [7, 11) is 0. The summed E-state index contributed by atoms with van der Waals surface area (Å²) in [6.07, 6.45) is 1.49. The van der Waals surface area contributed by atoms with Gasteiger partial charge < -0.3 is 11.1 Å². The van der Waals surface area contributed by atoms with E-state index >= 15 is 0 Å². The molecule has 1 heterocycles. The van der Waals surface area contributed by atoms with Gasteiger partial charge >= 0.3 is 0 Å². The molecule has 0 saturated carbocycles. The van der Waals surface area contributed by atoms with Crippen LogP contribution in [0, 0.1) is 0 Å². The Hall–Kier alpha value is -1.45. The van der Waals surface area contributed by atoms with Crippen molar-refractivity contribution in [2.45, 2.75) is 0 Å². The Morgan fingerprint density at radius 2 is 1.88 bits per heavy atom. The molecule has 3 N–H and O–H groups in total. The van der Waals surface area contributed by atoms with Crippen molar-refractivity contribution in [3.05, 3.63) is 46.7 Å². The summed E-state index contributed by atoms with van der Waals surface area (Å²) in [4.78, 5) is 3.87. The van der Waals surface area contributed by atoms with Gasteiger partial charge in [-0.2, -0.15) is 0 Å². The molecule has 0 unspecified atom stereocenters. The van der Waals surface area contributed by atoms with Gasteiger partial charge in [-0.3, -0.25) is 0 Å². The lowest BCUT2D eigenvalue weighted by Crippen LogP contribution is -1.96. The summed E-state index contributed by atoms with van der Waals surface area (Å²) in [5, 5.41) is 3.97. The van der Waals surface area contributed by atoms with Crippen LogP contribution < -0.4 is 11.1 Å². The number of hydrogen-bond donors (Lipinski definition) is 2. The normalized spacial score (nSPS) is 10.1. The van der Waals surface area contributed by atoms with E-state index in [-0.39, 0.29) is 0 Å². The smallest absolute Gasteiger partial charge is 0.131 e. The van der Waals surface area contributed by atoms with Crippen LogP contribution in [0.3, 0.4) is 0 Å². The summed E-state index contributed by atoms with van der Waals surface area (Å²) >= 11 is 11.8. The number of anilines is 3. The van der Waals surface area contributed by atoms with Gasteiger partial charge in [-0.25, -0.2) is 4.98 Å². The van der Waals surface area contributed by atoms with E-state index in [2.05, 4.69) is 10.3 Å². The first-order valence-corrected chi connectivity index (χ1v) is 5.35. The molecule has 0 saturated heterocycles. The molecular formula is C11H9Cl2N3. The Morgan fingerprint density at radius 3 is 2.62 bits per heavy atom. The maximum Gasteiger partial charge on any atom is 0.131 e. The van der Waals surface area contributed by atoms with Crippen molar-refractivity contribution in [1.82, 2.24) is 4.98 Å². The first-order valence-electron chi connectivity index (χ1n) is 4.59. The van der Waals surface area contributed by atoms with Crippen molar-refractivity contribution >= 4 is 40.3 Å². The molecule has 0 bridgehead atoms. The van der Waals surface area contributed by atoms with Crippen LogP contribution in [0.15, 0.2) is 36.5 Å². The first-order chi connectivity index (χ1) is 7.66. The number of nitrogens with zero attached hydrogens (tertiary/aromatic N) is 1. The zero-order chi connectivity index (χ0) is 11.5. The largest absolute Gasteiger partial charge is 0.397 e. The topological polar surface area (TPSA) is 50.9 Å². The quantitative estimate of drug-likeness (QED) is 0.634. The Morgan fingerprint density at radius 1 is 1.12 bits per heavy atom. The fraction of sp³-hybridized carbons (Fsp3) is 0. The number of aromatic nitrogens is 1. The third-order valence-electron chi connectivity index (χ3n) is 2.05. The Bertz CT molecular complexity index is 514. The third-order valence-corrected chi connectivity index (χ3v) is 2.56. The molecule has 1 aromatic carbocycles. The van der Waals surface area contributed by atoms with Crippen molar-refractivity contribution in [2.75, 3.05) is 11.1 Å². The lowest BCUT2D eigenvalue weighted by Gasteiger charge is -2.10. The van der Waals surface area contributed by atoms with Crippen LogP contribution in [-0.4, -0.2) is 4.98 Å². The molecule has 0 amide bonds. The van der Waals surface area contributed by atoms with E-state index in [0.29, 0.717) is 21.6 Å². The number of hydrogen-bond acceptors (Lipinski definition) is 3. The third kappa shape index (κ3) is 2.38.